The molecule has 2 heterocycles. The monoisotopic (exact) mass is 535 g/mol. The van der Waals surface area contributed by atoms with Gasteiger partial charge in [-0.1, -0.05) is 12.1 Å². The number of benzene rings is 2. The summed E-state index contributed by atoms with van der Waals surface area (Å²) in [6, 6.07) is 6.38. The number of nitrogens with zero attached hydrogens (tertiary/aromatic N) is 2. The zero-order valence-electron chi connectivity index (χ0n) is 22.0. The van der Waals surface area contributed by atoms with Gasteiger partial charge in [-0.2, -0.15) is 8.78 Å². The van der Waals surface area contributed by atoms with Crippen molar-refractivity contribution < 1.29 is 37.2 Å². The number of rotatable bonds is 9. The lowest BCUT2D eigenvalue weighted by Gasteiger charge is -2.30. The summed E-state index contributed by atoms with van der Waals surface area (Å²) in [6.07, 6.45) is -0.228. The van der Waals surface area contributed by atoms with Gasteiger partial charge in [-0.05, 0) is 39.8 Å². The molecule has 2 aromatic carbocycles. The van der Waals surface area contributed by atoms with E-state index in [1.807, 2.05) is 0 Å². The van der Waals surface area contributed by atoms with Crippen LogP contribution in [0.3, 0.4) is 0 Å². The summed E-state index contributed by atoms with van der Waals surface area (Å²) >= 11 is 0. The van der Waals surface area contributed by atoms with Crippen LogP contribution in [0.4, 0.5) is 19.0 Å². The molecule has 11 heteroatoms. The van der Waals surface area contributed by atoms with Crippen molar-refractivity contribution in [2.24, 2.45) is 0 Å². The standard InChI is InChI=1S/C27H32F3N3O5/c1-15(18-7-6-8-20(24(18)28)27(29,30)26(3,4)34)31-25-19-11-23(38-14-17-13-36-9-10-37-17)22(35-5)12-21(19)32-16(2)33-25/h6-8,11-12,15,17,34H,9-10,13-14H2,1-5H3,(H,31,32,33)/t15-,17+/m1/s1. The van der Waals surface area contributed by atoms with E-state index in [0.29, 0.717) is 53.9 Å². The first-order chi connectivity index (χ1) is 17.9. The number of anilines is 1. The maximum absolute atomic E-state index is 15.4. The lowest BCUT2D eigenvalue weighted by atomic mass is 9.91. The lowest BCUT2D eigenvalue weighted by molar-refractivity contribution is -0.170. The molecule has 1 saturated heterocycles. The summed E-state index contributed by atoms with van der Waals surface area (Å²) in [7, 11) is 1.52. The molecule has 0 spiro atoms. The van der Waals surface area contributed by atoms with Crippen molar-refractivity contribution >= 4 is 16.7 Å². The first kappa shape index (κ1) is 27.9. The number of aryl methyl sites for hydroxylation is 1. The topological polar surface area (TPSA) is 95.0 Å². The van der Waals surface area contributed by atoms with Gasteiger partial charge >= 0.3 is 5.92 Å². The molecular weight excluding hydrogens is 503 g/mol. The molecule has 4 rings (SSSR count). The van der Waals surface area contributed by atoms with Crippen molar-refractivity contribution in [3.8, 4) is 11.5 Å². The highest BCUT2D eigenvalue weighted by Crippen LogP contribution is 2.42. The van der Waals surface area contributed by atoms with E-state index in [9.17, 15) is 13.9 Å². The van der Waals surface area contributed by atoms with Crippen molar-refractivity contribution in [3.63, 3.8) is 0 Å². The van der Waals surface area contributed by atoms with Gasteiger partial charge in [0.25, 0.3) is 0 Å². The van der Waals surface area contributed by atoms with E-state index in [4.69, 9.17) is 18.9 Å². The Morgan fingerprint density at radius 1 is 1.18 bits per heavy atom. The number of halogens is 3. The molecule has 1 aliphatic heterocycles. The number of hydrogen-bond acceptors (Lipinski definition) is 8. The minimum atomic E-state index is -3.80. The number of hydrogen-bond donors (Lipinski definition) is 2. The van der Waals surface area contributed by atoms with Crippen LogP contribution in [0.25, 0.3) is 10.9 Å². The third-order valence-corrected chi connectivity index (χ3v) is 6.36. The summed E-state index contributed by atoms with van der Waals surface area (Å²) in [5.41, 5.74) is -2.78. The van der Waals surface area contributed by atoms with Crippen molar-refractivity contribution in [1.29, 1.82) is 0 Å². The SMILES string of the molecule is COc1cc2nc(C)nc(N[C@H](C)c3cccc(C(F)(F)C(C)(C)O)c3F)c2cc1OC[C@@H]1COCCO1. The number of aliphatic hydroxyl groups is 1. The summed E-state index contributed by atoms with van der Waals surface area (Å²) in [6.45, 7) is 6.91. The van der Waals surface area contributed by atoms with Gasteiger partial charge in [0, 0.05) is 17.0 Å². The van der Waals surface area contributed by atoms with Crippen LogP contribution in [0.2, 0.25) is 0 Å². The van der Waals surface area contributed by atoms with E-state index in [2.05, 4.69) is 15.3 Å². The highest BCUT2D eigenvalue weighted by atomic mass is 19.3. The molecule has 1 fully saturated rings. The van der Waals surface area contributed by atoms with Crippen LogP contribution >= 0.6 is 0 Å². The Morgan fingerprint density at radius 2 is 1.95 bits per heavy atom. The largest absolute Gasteiger partial charge is 0.493 e. The molecule has 0 bridgehead atoms. The minimum absolute atomic E-state index is 0.00438. The molecule has 0 unspecified atom stereocenters. The highest BCUT2D eigenvalue weighted by Gasteiger charge is 2.49. The first-order valence-corrected chi connectivity index (χ1v) is 12.3. The molecule has 0 saturated carbocycles. The number of aromatic nitrogens is 2. The van der Waals surface area contributed by atoms with Crippen LogP contribution in [0.15, 0.2) is 30.3 Å². The zero-order valence-corrected chi connectivity index (χ0v) is 22.0. The average Bonchev–Trinajstić information content (AvgIpc) is 2.86. The zero-order chi connectivity index (χ0) is 27.7. The van der Waals surface area contributed by atoms with Crippen molar-refractivity contribution in [2.75, 3.05) is 38.9 Å². The number of nitrogens with one attached hydrogen (secondary N) is 1. The van der Waals surface area contributed by atoms with E-state index in [0.717, 1.165) is 19.9 Å². The Bertz CT molecular complexity index is 1290. The average molecular weight is 536 g/mol. The molecule has 0 aliphatic carbocycles. The molecule has 2 N–H and O–H groups in total. The predicted octanol–water partition coefficient (Wildman–Crippen LogP) is 4.92. The van der Waals surface area contributed by atoms with Gasteiger partial charge in [-0.15, -0.1) is 0 Å². The molecule has 38 heavy (non-hydrogen) atoms. The molecule has 3 aromatic rings. The first-order valence-electron chi connectivity index (χ1n) is 12.3. The number of methoxy groups -OCH3 is 1. The number of ether oxygens (including phenoxy) is 4. The van der Waals surface area contributed by atoms with Crippen molar-refractivity contribution in [1.82, 2.24) is 9.97 Å². The Morgan fingerprint density at radius 3 is 2.61 bits per heavy atom. The van der Waals surface area contributed by atoms with Gasteiger partial charge in [0.15, 0.2) is 11.5 Å². The number of fused-ring (bicyclic) bond motifs is 1. The molecule has 8 nitrogen and oxygen atoms in total. The summed E-state index contributed by atoms with van der Waals surface area (Å²) in [5.74, 6) is -3.22. The second-order valence-electron chi connectivity index (χ2n) is 9.73. The number of alkyl halides is 2. The van der Waals surface area contributed by atoms with Crippen LogP contribution in [-0.4, -0.2) is 60.3 Å². The Balaban J connectivity index is 1.67. The van der Waals surface area contributed by atoms with Gasteiger partial charge in [-0.3, -0.25) is 0 Å². The fourth-order valence-corrected chi connectivity index (χ4v) is 4.19. The maximum Gasteiger partial charge on any atom is 0.303 e. The third kappa shape index (κ3) is 5.64. The van der Waals surface area contributed by atoms with Gasteiger partial charge in [0.05, 0.1) is 44.1 Å². The fourth-order valence-electron chi connectivity index (χ4n) is 4.19. The van der Waals surface area contributed by atoms with Crippen molar-refractivity contribution in [3.05, 3.63) is 53.1 Å². The molecular formula is C27H32F3N3O5. The highest BCUT2D eigenvalue weighted by molar-refractivity contribution is 5.92. The predicted molar refractivity (Wildman–Crippen MR) is 136 cm³/mol. The smallest absolute Gasteiger partial charge is 0.303 e. The second kappa shape index (κ2) is 10.9. The van der Waals surface area contributed by atoms with E-state index >= 15 is 4.39 Å². The van der Waals surface area contributed by atoms with Gasteiger partial charge in [0.2, 0.25) is 0 Å². The lowest BCUT2D eigenvalue weighted by Crippen LogP contribution is -2.41. The Kier molecular flexibility index (Phi) is 8.01. The van der Waals surface area contributed by atoms with Gasteiger partial charge in [0.1, 0.15) is 35.8 Å². The fraction of sp³-hybridized carbons (Fsp3) is 0.481. The van der Waals surface area contributed by atoms with E-state index in [1.165, 1.54) is 19.2 Å². The summed E-state index contributed by atoms with van der Waals surface area (Å²) < 4.78 is 67.5. The van der Waals surface area contributed by atoms with Crippen LogP contribution in [0.1, 0.15) is 43.8 Å². The summed E-state index contributed by atoms with van der Waals surface area (Å²) in [5, 5.41) is 13.6. The summed E-state index contributed by atoms with van der Waals surface area (Å²) in [4.78, 5) is 8.95. The molecule has 0 radical (unpaired) electrons. The van der Waals surface area contributed by atoms with Crippen LogP contribution < -0.4 is 14.8 Å². The van der Waals surface area contributed by atoms with E-state index in [1.54, 1.807) is 26.0 Å². The second-order valence-corrected chi connectivity index (χ2v) is 9.73. The normalized spacial score (nSPS) is 17.3. The minimum Gasteiger partial charge on any atom is -0.493 e. The molecule has 1 aromatic heterocycles. The Labute approximate surface area is 219 Å². The molecule has 1 aliphatic rings. The third-order valence-electron chi connectivity index (χ3n) is 6.36. The molecule has 2 atom stereocenters. The molecule has 0 amide bonds. The van der Waals surface area contributed by atoms with Crippen LogP contribution in [0.5, 0.6) is 11.5 Å². The maximum atomic E-state index is 15.4. The van der Waals surface area contributed by atoms with Gasteiger partial charge < -0.3 is 29.4 Å². The van der Waals surface area contributed by atoms with Gasteiger partial charge in [-0.25, -0.2) is 14.4 Å². The quantitative estimate of drug-likeness (QED) is 0.399. The molecule has 206 valence electrons. The van der Waals surface area contributed by atoms with E-state index < -0.39 is 28.9 Å². The van der Waals surface area contributed by atoms with E-state index in [-0.39, 0.29) is 18.3 Å². The van der Waals surface area contributed by atoms with Crippen LogP contribution in [0, 0.1) is 12.7 Å². The van der Waals surface area contributed by atoms with Crippen molar-refractivity contribution in [2.45, 2.75) is 51.4 Å². The van der Waals surface area contributed by atoms with Crippen LogP contribution in [-0.2, 0) is 15.4 Å². The Hall–Kier alpha value is -3.15.